The number of amides is 2. The van der Waals surface area contributed by atoms with Crippen LogP contribution < -0.4 is 5.32 Å². The summed E-state index contributed by atoms with van der Waals surface area (Å²) in [5.41, 5.74) is 0.661. The van der Waals surface area contributed by atoms with E-state index in [0.29, 0.717) is 42.5 Å². The van der Waals surface area contributed by atoms with Crippen molar-refractivity contribution < 1.29 is 9.59 Å². The molecular formula is C17H21ClN4O2. The molecule has 1 aromatic rings. The van der Waals surface area contributed by atoms with Gasteiger partial charge in [0.2, 0.25) is 5.96 Å². The van der Waals surface area contributed by atoms with Gasteiger partial charge >= 0.3 is 0 Å². The molecule has 1 fully saturated rings. The number of benzene rings is 1. The van der Waals surface area contributed by atoms with Crippen LogP contribution in [0.4, 0.5) is 0 Å². The van der Waals surface area contributed by atoms with E-state index in [4.69, 9.17) is 11.6 Å². The van der Waals surface area contributed by atoms with E-state index in [-0.39, 0.29) is 11.8 Å². The first-order valence-corrected chi connectivity index (χ1v) is 8.35. The van der Waals surface area contributed by atoms with Gasteiger partial charge in [-0.25, -0.2) is 4.99 Å². The zero-order valence-corrected chi connectivity index (χ0v) is 14.9. The van der Waals surface area contributed by atoms with Crippen LogP contribution >= 0.6 is 11.6 Å². The molecule has 2 heterocycles. The van der Waals surface area contributed by atoms with E-state index in [9.17, 15) is 9.59 Å². The lowest BCUT2D eigenvalue weighted by atomic mass is 9.87. The number of piperidine rings is 1. The number of aliphatic imine (C=N–C) groups is 1. The van der Waals surface area contributed by atoms with E-state index in [1.165, 1.54) is 0 Å². The summed E-state index contributed by atoms with van der Waals surface area (Å²) >= 11 is 6.20. The summed E-state index contributed by atoms with van der Waals surface area (Å²) in [6, 6.07) is 5.44. The van der Waals surface area contributed by atoms with Crippen molar-refractivity contribution in [1.29, 1.82) is 0 Å². The average molecular weight is 349 g/mol. The molecule has 1 aromatic carbocycles. The quantitative estimate of drug-likeness (QED) is 0.839. The number of halogens is 1. The Balaban J connectivity index is 1.76. The minimum atomic E-state index is -0.744. The second-order valence-electron chi connectivity index (χ2n) is 6.54. The van der Waals surface area contributed by atoms with E-state index < -0.39 is 5.54 Å². The van der Waals surface area contributed by atoms with Crippen molar-refractivity contribution in [2.45, 2.75) is 25.3 Å². The van der Waals surface area contributed by atoms with Crippen molar-refractivity contribution in [3.05, 3.63) is 34.3 Å². The molecule has 0 bridgehead atoms. The normalized spacial score (nSPS) is 19.2. The molecule has 0 atom stereocenters. The standard InChI is InChI=1S/C17H21ClN4O2/c1-11-5-4-6-12(18)13(11)14(23)22-9-7-17(8-10-22)15(24)19-16(20-17)21(2)3/h4-6H,7-10H2,1-3H3,(H,19,20,24). The summed E-state index contributed by atoms with van der Waals surface area (Å²) in [7, 11) is 3.69. The van der Waals surface area contributed by atoms with Crippen molar-refractivity contribution >= 4 is 29.4 Å². The fraction of sp³-hybridized carbons (Fsp3) is 0.471. The van der Waals surface area contributed by atoms with Gasteiger partial charge in [0.1, 0.15) is 5.54 Å². The van der Waals surface area contributed by atoms with Gasteiger partial charge in [-0.05, 0) is 31.4 Å². The van der Waals surface area contributed by atoms with Gasteiger partial charge in [0.05, 0.1) is 10.6 Å². The highest BCUT2D eigenvalue weighted by atomic mass is 35.5. The third-order valence-electron chi connectivity index (χ3n) is 4.71. The summed E-state index contributed by atoms with van der Waals surface area (Å²) < 4.78 is 0. The predicted molar refractivity (Wildman–Crippen MR) is 93.3 cm³/mol. The molecule has 2 amide bonds. The third-order valence-corrected chi connectivity index (χ3v) is 5.02. The minimum Gasteiger partial charge on any atom is -0.349 e. The van der Waals surface area contributed by atoms with Crippen molar-refractivity contribution in [3.63, 3.8) is 0 Å². The molecule has 0 radical (unpaired) electrons. The Morgan fingerprint density at radius 3 is 2.54 bits per heavy atom. The van der Waals surface area contributed by atoms with Crippen LogP contribution in [0.15, 0.2) is 23.2 Å². The minimum absolute atomic E-state index is 0.0766. The molecule has 1 saturated heterocycles. The van der Waals surface area contributed by atoms with E-state index in [1.807, 2.05) is 33.2 Å². The summed E-state index contributed by atoms with van der Waals surface area (Å²) in [5.74, 6) is 0.428. The molecule has 0 saturated carbocycles. The highest BCUT2D eigenvalue weighted by molar-refractivity contribution is 6.34. The van der Waals surface area contributed by atoms with E-state index in [0.717, 1.165) is 5.56 Å². The highest BCUT2D eigenvalue weighted by Gasteiger charge is 2.47. The van der Waals surface area contributed by atoms with Gasteiger partial charge in [-0.15, -0.1) is 0 Å². The number of rotatable bonds is 1. The Hall–Kier alpha value is -2.08. The topological polar surface area (TPSA) is 65.0 Å². The molecule has 0 aromatic heterocycles. The Bertz CT molecular complexity index is 701. The van der Waals surface area contributed by atoms with Gasteiger partial charge in [-0.3, -0.25) is 14.9 Å². The summed E-state index contributed by atoms with van der Waals surface area (Å²) in [4.78, 5) is 33.3. The second-order valence-corrected chi connectivity index (χ2v) is 6.95. The Morgan fingerprint density at radius 1 is 1.33 bits per heavy atom. The van der Waals surface area contributed by atoms with Crippen molar-refractivity contribution in [2.24, 2.45) is 4.99 Å². The number of guanidine groups is 1. The van der Waals surface area contributed by atoms with E-state index >= 15 is 0 Å². The first-order valence-electron chi connectivity index (χ1n) is 7.97. The van der Waals surface area contributed by atoms with Gasteiger partial charge in [-0.2, -0.15) is 0 Å². The van der Waals surface area contributed by atoms with Crippen molar-refractivity contribution in [3.8, 4) is 0 Å². The number of hydrogen-bond acceptors (Lipinski definition) is 4. The lowest BCUT2D eigenvalue weighted by molar-refractivity contribution is -0.125. The molecule has 1 N–H and O–H groups in total. The van der Waals surface area contributed by atoms with Crippen LogP contribution in [0.5, 0.6) is 0 Å². The molecule has 2 aliphatic rings. The lowest BCUT2D eigenvalue weighted by Crippen LogP contribution is -2.50. The first-order chi connectivity index (χ1) is 11.3. The monoisotopic (exact) mass is 348 g/mol. The molecular weight excluding hydrogens is 328 g/mol. The van der Waals surface area contributed by atoms with Gasteiger partial charge in [0.15, 0.2) is 0 Å². The smallest absolute Gasteiger partial charge is 0.255 e. The van der Waals surface area contributed by atoms with Crippen LogP contribution in [-0.2, 0) is 4.79 Å². The van der Waals surface area contributed by atoms with Gasteiger partial charge < -0.3 is 9.80 Å². The summed E-state index contributed by atoms with van der Waals surface area (Å²) in [6.45, 7) is 2.85. The highest BCUT2D eigenvalue weighted by Crippen LogP contribution is 2.31. The van der Waals surface area contributed by atoms with Crippen LogP contribution in [0.1, 0.15) is 28.8 Å². The van der Waals surface area contributed by atoms with E-state index in [1.54, 1.807) is 15.9 Å². The molecule has 3 rings (SSSR count). The number of aryl methyl sites for hydroxylation is 1. The summed E-state index contributed by atoms with van der Waals surface area (Å²) in [5, 5.41) is 3.28. The molecule has 1 spiro atoms. The van der Waals surface area contributed by atoms with Crippen LogP contribution in [-0.4, -0.2) is 60.3 Å². The Labute approximate surface area is 146 Å². The number of nitrogens with one attached hydrogen (secondary N) is 1. The maximum atomic E-state index is 12.8. The fourth-order valence-corrected chi connectivity index (χ4v) is 3.49. The summed E-state index contributed by atoms with van der Waals surface area (Å²) in [6.07, 6.45) is 1.04. The molecule has 2 aliphatic heterocycles. The van der Waals surface area contributed by atoms with Gasteiger partial charge in [0.25, 0.3) is 11.8 Å². The predicted octanol–water partition coefficient (Wildman–Crippen LogP) is 1.67. The van der Waals surface area contributed by atoms with Crippen LogP contribution in [0, 0.1) is 6.92 Å². The van der Waals surface area contributed by atoms with Crippen LogP contribution in [0.25, 0.3) is 0 Å². The molecule has 6 nitrogen and oxygen atoms in total. The van der Waals surface area contributed by atoms with Crippen LogP contribution in [0.2, 0.25) is 5.02 Å². The number of likely N-dealkylation sites (tertiary alicyclic amines) is 1. The molecule has 7 heteroatoms. The Morgan fingerprint density at radius 2 is 2.00 bits per heavy atom. The third kappa shape index (κ3) is 2.75. The molecule has 0 aliphatic carbocycles. The lowest BCUT2D eigenvalue weighted by Gasteiger charge is -2.35. The average Bonchev–Trinajstić information content (AvgIpc) is 2.85. The zero-order valence-electron chi connectivity index (χ0n) is 14.1. The SMILES string of the molecule is Cc1cccc(Cl)c1C(=O)N1CCC2(CC1)N=C(N(C)C)NC2=O. The van der Waals surface area contributed by atoms with E-state index in [2.05, 4.69) is 10.3 Å². The van der Waals surface area contributed by atoms with Crippen LogP contribution in [0.3, 0.4) is 0 Å². The number of carbonyl (C=O) groups is 2. The van der Waals surface area contributed by atoms with Crippen molar-refractivity contribution in [1.82, 2.24) is 15.1 Å². The van der Waals surface area contributed by atoms with Gasteiger partial charge in [0, 0.05) is 27.2 Å². The van der Waals surface area contributed by atoms with Gasteiger partial charge in [-0.1, -0.05) is 23.7 Å². The van der Waals surface area contributed by atoms with Crippen molar-refractivity contribution in [2.75, 3.05) is 27.2 Å². The largest absolute Gasteiger partial charge is 0.349 e. The molecule has 128 valence electrons. The Kier molecular flexibility index (Phi) is 4.25. The molecule has 24 heavy (non-hydrogen) atoms. The maximum Gasteiger partial charge on any atom is 0.255 e. The first kappa shape index (κ1) is 16.8. The number of hydrogen-bond donors (Lipinski definition) is 1. The molecule has 0 unspecified atom stereocenters. The zero-order chi connectivity index (χ0) is 17.5. The fourth-order valence-electron chi connectivity index (χ4n) is 3.19. The second kappa shape index (κ2) is 6.09. The number of carbonyl (C=O) groups excluding carboxylic acids is 2. The number of nitrogens with zero attached hydrogens (tertiary/aromatic N) is 3. The maximum absolute atomic E-state index is 12.8.